The van der Waals surface area contributed by atoms with Crippen molar-refractivity contribution in [1.82, 2.24) is 20.4 Å². The number of ether oxygens (including phenoxy) is 1. The predicted molar refractivity (Wildman–Crippen MR) is 81.1 cm³/mol. The zero-order valence-corrected chi connectivity index (χ0v) is 13.1. The molecule has 0 saturated carbocycles. The number of hydrogen-bond donors (Lipinski definition) is 2. The van der Waals surface area contributed by atoms with Gasteiger partial charge in [0.15, 0.2) is 0 Å². The molecule has 0 radical (unpaired) electrons. The molecule has 0 aromatic carbocycles. The van der Waals surface area contributed by atoms with Gasteiger partial charge in [0.1, 0.15) is 0 Å². The molecule has 2 heterocycles. The second kappa shape index (κ2) is 7.56. The third kappa shape index (κ3) is 4.82. The number of aryl methyl sites for hydroxylation is 1. The van der Waals surface area contributed by atoms with Gasteiger partial charge in [-0.1, -0.05) is 0 Å². The van der Waals surface area contributed by atoms with E-state index >= 15 is 0 Å². The third-order valence-electron chi connectivity index (χ3n) is 4.04. The molecule has 2 atom stereocenters. The number of carbonyl (C=O) groups excluding carboxylic acids is 1. The van der Waals surface area contributed by atoms with Crippen LogP contribution in [-0.4, -0.2) is 47.5 Å². The lowest BCUT2D eigenvalue weighted by molar-refractivity contribution is -0.121. The topological polar surface area (TPSA) is 68.2 Å². The fourth-order valence-corrected chi connectivity index (χ4v) is 2.43. The SMILES string of the molecule is Cc1cnn([C@H](C)[C@@H](C)NCC(=O)NC2CCOCC2)c1. The molecule has 0 bridgehead atoms. The highest BCUT2D eigenvalue weighted by atomic mass is 16.5. The Bertz CT molecular complexity index is 454. The molecule has 0 spiro atoms. The van der Waals surface area contributed by atoms with Gasteiger partial charge in [0.2, 0.25) is 5.91 Å². The Morgan fingerprint density at radius 2 is 2.19 bits per heavy atom. The van der Waals surface area contributed by atoms with E-state index in [0.717, 1.165) is 31.6 Å². The molecule has 1 fully saturated rings. The van der Waals surface area contributed by atoms with Gasteiger partial charge in [0.05, 0.1) is 18.8 Å². The van der Waals surface area contributed by atoms with E-state index in [9.17, 15) is 4.79 Å². The van der Waals surface area contributed by atoms with Crippen molar-refractivity contribution in [2.45, 2.75) is 51.7 Å². The summed E-state index contributed by atoms with van der Waals surface area (Å²) >= 11 is 0. The maximum absolute atomic E-state index is 11.9. The molecule has 1 aliphatic rings. The minimum Gasteiger partial charge on any atom is -0.381 e. The van der Waals surface area contributed by atoms with Crippen LogP contribution in [0.25, 0.3) is 0 Å². The van der Waals surface area contributed by atoms with E-state index in [1.165, 1.54) is 0 Å². The Kier molecular flexibility index (Phi) is 5.76. The Morgan fingerprint density at radius 1 is 1.48 bits per heavy atom. The van der Waals surface area contributed by atoms with Gasteiger partial charge < -0.3 is 15.4 Å². The summed E-state index contributed by atoms with van der Waals surface area (Å²) in [6.45, 7) is 8.01. The molecule has 2 N–H and O–H groups in total. The molecule has 1 saturated heterocycles. The van der Waals surface area contributed by atoms with Crippen LogP contribution in [0.15, 0.2) is 12.4 Å². The zero-order valence-electron chi connectivity index (χ0n) is 13.1. The first-order valence-electron chi connectivity index (χ1n) is 7.67. The average molecular weight is 294 g/mol. The summed E-state index contributed by atoms with van der Waals surface area (Å²) < 4.78 is 7.22. The maximum atomic E-state index is 11.9. The molecule has 6 heteroatoms. The van der Waals surface area contributed by atoms with Gasteiger partial charge in [-0.3, -0.25) is 9.48 Å². The molecule has 1 amide bonds. The van der Waals surface area contributed by atoms with Gasteiger partial charge >= 0.3 is 0 Å². The average Bonchev–Trinajstić information content (AvgIpc) is 2.91. The fraction of sp³-hybridized carbons (Fsp3) is 0.733. The van der Waals surface area contributed by atoms with Gasteiger partial charge in [0.25, 0.3) is 0 Å². The van der Waals surface area contributed by atoms with E-state index in [-0.39, 0.29) is 24.0 Å². The summed E-state index contributed by atoms with van der Waals surface area (Å²) in [6, 6.07) is 0.633. The van der Waals surface area contributed by atoms with Crippen molar-refractivity contribution >= 4 is 5.91 Å². The van der Waals surface area contributed by atoms with Crippen LogP contribution in [0.5, 0.6) is 0 Å². The van der Waals surface area contributed by atoms with Crippen LogP contribution < -0.4 is 10.6 Å². The van der Waals surface area contributed by atoms with Gasteiger partial charge in [0, 0.05) is 31.5 Å². The van der Waals surface area contributed by atoms with Crippen molar-refractivity contribution in [3.63, 3.8) is 0 Å². The van der Waals surface area contributed by atoms with Crippen LogP contribution in [0, 0.1) is 6.92 Å². The number of nitrogens with one attached hydrogen (secondary N) is 2. The minimum atomic E-state index is 0.0533. The summed E-state index contributed by atoms with van der Waals surface area (Å²) in [6.07, 6.45) is 5.68. The molecule has 0 unspecified atom stereocenters. The van der Waals surface area contributed by atoms with E-state index in [0.29, 0.717) is 6.54 Å². The molecule has 118 valence electrons. The Labute approximate surface area is 126 Å². The number of rotatable bonds is 6. The summed E-state index contributed by atoms with van der Waals surface area (Å²) in [4.78, 5) is 11.9. The minimum absolute atomic E-state index is 0.0533. The monoisotopic (exact) mass is 294 g/mol. The van der Waals surface area contributed by atoms with E-state index in [4.69, 9.17) is 4.74 Å². The second-order valence-electron chi connectivity index (χ2n) is 5.86. The van der Waals surface area contributed by atoms with Gasteiger partial charge in [-0.05, 0) is 39.2 Å². The third-order valence-corrected chi connectivity index (χ3v) is 4.04. The van der Waals surface area contributed by atoms with Crippen LogP contribution >= 0.6 is 0 Å². The summed E-state index contributed by atoms with van der Waals surface area (Å²) in [5.41, 5.74) is 1.14. The lowest BCUT2D eigenvalue weighted by Crippen LogP contribution is -2.45. The Hall–Kier alpha value is -1.40. The van der Waals surface area contributed by atoms with E-state index in [2.05, 4.69) is 29.6 Å². The van der Waals surface area contributed by atoms with Crippen molar-refractivity contribution in [2.24, 2.45) is 0 Å². The number of aromatic nitrogens is 2. The number of hydrogen-bond acceptors (Lipinski definition) is 4. The van der Waals surface area contributed by atoms with Crippen LogP contribution in [-0.2, 0) is 9.53 Å². The van der Waals surface area contributed by atoms with Crippen molar-refractivity contribution < 1.29 is 9.53 Å². The van der Waals surface area contributed by atoms with Crippen LogP contribution in [0.4, 0.5) is 0 Å². The molecule has 0 aliphatic carbocycles. The van der Waals surface area contributed by atoms with Gasteiger partial charge in [-0.2, -0.15) is 5.10 Å². The Balaban J connectivity index is 1.72. The van der Waals surface area contributed by atoms with Crippen molar-refractivity contribution in [1.29, 1.82) is 0 Å². The van der Waals surface area contributed by atoms with Crippen molar-refractivity contribution in [3.8, 4) is 0 Å². The molecule has 21 heavy (non-hydrogen) atoms. The predicted octanol–water partition coefficient (Wildman–Crippen LogP) is 1.03. The lowest BCUT2D eigenvalue weighted by Gasteiger charge is -2.25. The standard InChI is InChI=1S/C15H26N4O2/c1-11-8-17-19(10-11)13(3)12(2)16-9-15(20)18-14-4-6-21-7-5-14/h8,10,12-14,16H,4-7,9H2,1-3H3,(H,18,20)/t12-,13-/m1/s1. The lowest BCUT2D eigenvalue weighted by atomic mass is 10.1. The highest BCUT2D eigenvalue weighted by Crippen LogP contribution is 2.10. The fourth-order valence-electron chi connectivity index (χ4n) is 2.43. The van der Waals surface area contributed by atoms with E-state index in [1.807, 2.05) is 24.0 Å². The highest BCUT2D eigenvalue weighted by molar-refractivity contribution is 5.78. The molecule has 1 aromatic heterocycles. The molecule has 1 aromatic rings. The number of carbonyl (C=O) groups is 1. The largest absolute Gasteiger partial charge is 0.381 e. The maximum Gasteiger partial charge on any atom is 0.234 e. The van der Waals surface area contributed by atoms with Gasteiger partial charge in [-0.15, -0.1) is 0 Å². The van der Waals surface area contributed by atoms with Gasteiger partial charge in [-0.25, -0.2) is 0 Å². The van der Waals surface area contributed by atoms with Crippen molar-refractivity contribution in [2.75, 3.05) is 19.8 Å². The molecule has 6 nitrogen and oxygen atoms in total. The number of amides is 1. The van der Waals surface area contributed by atoms with Crippen LogP contribution in [0.3, 0.4) is 0 Å². The molecular weight excluding hydrogens is 268 g/mol. The van der Waals surface area contributed by atoms with Crippen LogP contribution in [0.1, 0.15) is 38.3 Å². The summed E-state index contributed by atoms with van der Waals surface area (Å²) in [5, 5.41) is 10.6. The summed E-state index contributed by atoms with van der Waals surface area (Å²) in [7, 11) is 0. The van der Waals surface area contributed by atoms with Crippen LogP contribution in [0.2, 0.25) is 0 Å². The molecule has 1 aliphatic heterocycles. The first kappa shape index (κ1) is 16.0. The highest BCUT2D eigenvalue weighted by Gasteiger charge is 2.18. The first-order chi connectivity index (χ1) is 10.1. The number of nitrogens with zero attached hydrogens (tertiary/aromatic N) is 2. The smallest absolute Gasteiger partial charge is 0.234 e. The van der Waals surface area contributed by atoms with Crippen molar-refractivity contribution in [3.05, 3.63) is 18.0 Å². The summed E-state index contributed by atoms with van der Waals surface area (Å²) in [5.74, 6) is 0.0533. The Morgan fingerprint density at radius 3 is 2.81 bits per heavy atom. The van der Waals surface area contributed by atoms with E-state index < -0.39 is 0 Å². The zero-order chi connectivity index (χ0) is 15.2. The van der Waals surface area contributed by atoms with E-state index in [1.54, 1.807) is 0 Å². The molecule has 2 rings (SSSR count). The molecular formula is C15H26N4O2. The quantitative estimate of drug-likeness (QED) is 0.822. The normalized spacial score (nSPS) is 19.2. The first-order valence-corrected chi connectivity index (χ1v) is 7.67. The second-order valence-corrected chi connectivity index (χ2v) is 5.86.